The van der Waals surface area contributed by atoms with Crippen LogP contribution in [0.2, 0.25) is 0 Å². The van der Waals surface area contributed by atoms with Gasteiger partial charge in [-0.05, 0) is 19.4 Å². The van der Waals surface area contributed by atoms with E-state index >= 15 is 0 Å². The monoisotopic (exact) mass is 224 g/mol. The molecular weight excluding hydrogens is 209 g/mol. The summed E-state index contributed by atoms with van der Waals surface area (Å²) < 4.78 is 36.3. The van der Waals surface area contributed by atoms with Crippen molar-refractivity contribution in [2.24, 2.45) is 0 Å². The second-order valence-electron chi connectivity index (χ2n) is 3.89. The third kappa shape index (κ3) is 5.01. The maximum atomic E-state index is 12.1. The number of amides is 1. The molecule has 0 radical (unpaired) electrons. The Hall–Kier alpha value is -0.780. The fraction of sp³-hybridized carbons (Fsp3) is 0.889. The van der Waals surface area contributed by atoms with Crippen LogP contribution in [-0.4, -0.2) is 42.7 Å². The number of piperidine rings is 1. The van der Waals surface area contributed by atoms with Crippen molar-refractivity contribution >= 4 is 5.91 Å². The van der Waals surface area contributed by atoms with Crippen LogP contribution in [0.3, 0.4) is 0 Å². The quantitative estimate of drug-likeness (QED) is 0.763. The third-order valence-electron chi connectivity index (χ3n) is 2.32. The van der Waals surface area contributed by atoms with Crippen LogP contribution < -0.4 is 5.32 Å². The molecular formula is C9H15F3N2O. The van der Waals surface area contributed by atoms with Crippen molar-refractivity contribution in [2.75, 3.05) is 19.6 Å². The van der Waals surface area contributed by atoms with E-state index in [0.29, 0.717) is 19.5 Å². The van der Waals surface area contributed by atoms with Crippen LogP contribution in [0.5, 0.6) is 0 Å². The van der Waals surface area contributed by atoms with E-state index in [1.807, 2.05) is 0 Å². The first kappa shape index (κ1) is 12.3. The maximum Gasteiger partial charge on any atom is 0.401 e. The van der Waals surface area contributed by atoms with Gasteiger partial charge in [-0.15, -0.1) is 0 Å². The van der Waals surface area contributed by atoms with Crippen molar-refractivity contribution in [1.29, 1.82) is 0 Å². The summed E-state index contributed by atoms with van der Waals surface area (Å²) in [6.45, 7) is 1.24. The number of carbonyl (C=O) groups is 1. The Morgan fingerprint density at radius 2 is 2.20 bits per heavy atom. The van der Waals surface area contributed by atoms with Crippen LogP contribution in [-0.2, 0) is 4.79 Å². The van der Waals surface area contributed by atoms with Crippen molar-refractivity contribution in [2.45, 2.75) is 32.0 Å². The lowest BCUT2D eigenvalue weighted by atomic mass is 10.1. The number of carbonyl (C=O) groups excluding carboxylic acids is 1. The van der Waals surface area contributed by atoms with E-state index in [2.05, 4.69) is 5.32 Å². The molecule has 1 aliphatic heterocycles. The van der Waals surface area contributed by atoms with E-state index in [-0.39, 0.29) is 11.9 Å². The van der Waals surface area contributed by atoms with Crippen molar-refractivity contribution in [1.82, 2.24) is 10.2 Å². The summed E-state index contributed by atoms with van der Waals surface area (Å²) in [6, 6.07) is -0.140. The highest BCUT2D eigenvalue weighted by Crippen LogP contribution is 2.19. The Balaban J connectivity index is 2.38. The van der Waals surface area contributed by atoms with Gasteiger partial charge in [-0.25, -0.2) is 0 Å². The van der Waals surface area contributed by atoms with E-state index in [1.54, 1.807) is 0 Å². The van der Waals surface area contributed by atoms with Gasteiger partial charge in [0.15, 0.2) is 0 Å². The smallest absolute Gasteiger partial charge is 0.352 e. The fourth-order valence-corrected chi connectivity index (χ4v) is 1.86. The van der Waals surface area contributed by atoms with Gasteiger partial charge in [-0.2, -0.15) is 13.2 Å². The molecule has 0 aromatic heterocycles. The number of likely N-dealkylation sites (tertiary alicyclic amines) is 1. The average molecular weight is 224 g/mol. The number of halogens is 3. The zero-order chi connectivity index (χ0) is 11.5. The highest BCUT2D eigenvalue weighted by molar-refractivity contribution is 5.73. The second kappa shape index (κ2) is 4.83. The Kier molecular flexibility index (Phi) is 3.96. The lowest BCUT2D eigenvalue weighted by molar-refractivity contribution is -0.148. The van der Waals surface area contributed by atoms with Crippen molar-refractivity contribution in [3.05, 3.63) is 0 Å². The summed E-state index contributed by atoms with van der Waals surface area (Å²) in [7, 11) is 0. The van der Waals surface area contributed by atoms with E-state index in [1.165, 1.54) is 11.8 Å². The number of hydrogen-bond donors (Lipinski definition) is 1. The molecule has 0 saturated carbocycles. The molecule has 1 N–H and O–H groups in total. The van der Waals surface area contributed by atoms with Crippen LogP contribution in [0.4, 0.5) is 13.2 Å². The number of nitrogens with zero attached hydrogens (tertiary/aromatic N) is 1. The largest absolute Gasteiger partial charge is 0.401 e. The van der Waals surface area contributed by atoms with Crippen LogP contribution >= 0.6 is 0 Å². The summed E-state index contributed by atoms with van der Waals surface area (Å²) in [5, 5.41) is 2.65. The van der Waals surface area contributed by atoms with Gasteiger partial charge in [0.25, 0.3) is 0 Å². The van der Waals surface area contributed by atoms with E-state index in [9.17, 15) is 18.0 Å². The first-order valence-corrected chi connectivity index (χ1v) is 4.93. The van der Waals surface area contributed by atoms with Gasteiger partial charge >= 0.3 is 6.18 Å². The number of hydrogen-bond acceptors (Lipinski definition) is 2. The normalized spacial score (nSPS) is 23.9. The second-order valence-corrected chi connectivity index (χ2v) is 3.89. The van der Waals surface area contributed by atoms with Gasteiger partial charge in [0.05, 0.1) is 6.54 Å². The summed E-state index contributed by atoms with van der Waals surface area (Å²) in [6.07, 6.45) is -2.70. The standard InChI is InChI=1S/C9H15F3N2O/c1-7(15)13-8-3-2-4-14(5-8)6-9(10,11)12/h8H,2-6H2,1H3,(H,13,15)/t8-/m1/s1. The lowest BCUT2D eigenvalue weighted by Crippen LogP contribution is -2.49. The minimum absolute atomic E-state index is 0.140. The summed E-state index contributed by atoms with van der Waals surface area (Å²) >= 11 is 0. The average Bonchev–Trinajstić information content (AvgIpc) is 1.99. The summed E-state index contributed by atoms with van der Waals surface area (Å²) in [5.41, 5.74) is 0. The van der Waals surface area contributed by atoms with Crippen LogP contribution in [0.25, 0.3) is 0 Å². The van der Waals surface area contributed by atoms with Gasteiger partial charge in [0.2, 0.25) is 5.91 Å². The van der Waals surface area contributed by atoms with Crippen molar-refractivity contribution in [3.8, 4) is 0 Å². The maximum absolute atomic E-state index is 12.1. The zero-order valence-corrected chi connectivity index (χ0v) is 8.60. The molecule has 6 heteroatoms. The molecule has 0 bridgehead atoms. The van der Waals surface area contributed by atoms with E-state index in [0.717, 1.165) is 6.42 Å². The molecule has 1 rings (SSSR count). The summed E-state index contributed by atoms with van der Waals surface area (Å²) in [5.74, 6) is -0.186. The van der Waals surface area contributed by atoms with Crippen LogP contribution in [0.1, 0.15) is 19.8 Å². The molecule has 0 aliphatic carbocycles. The molecule has 1 aliphatic rings. The van der Waals surface area contributed by atoms with Gasteiger partial charge in [0, 0.05) is 19.5 Å². The highest BCUT2D eigenvalue weighted by atomic mass is 19.4. The van der Waals surface area contributed by atoms with E-state index in [4.69, 9.17) is 0 Å². The molecule has 3 nitrogen and oxygen atoms in total. The molecule has 1 saturated heterocycles. The molecule has 15 heavy (non-hydrogen) atoms. The molecule has 1 amide bonds. The summed E-state index contributed by atoms with van der Waals surface area (Å²) in [4.78, 5) is 12.1. The van der Waals surface area contributed by atoms with Gasteiger partial charge in [-0.3, -0.25) is 9.69 Å². The Bertz CT molecular complexity index is 230. The number of alkyl halides is 3. The Morgan fingerprint density at radius 3 is 2.73 bits per heavy atom. The molecule has 0 unspecified atom stereocenters. The van der Waals surface area contributed by atoms with Crippen molar-refractivity contribution in [3.63, 3.8) is 0 Å². The van der Waals surface area contributed by atoms with Crippen LogP contribution in [0.15, 0.2) is 0 Å². The predicted molar refractivity (Wildman–Crippen MR) is 49.3 cm³/mol. The predicted octanol–water partition coefficient (Wildman–Crippen LogP) is 1.15. The third-order valence-corrected chi connectivity index (χ3v) is 2.32. The molecule has 1 heterocycles. The molecule has 1 fully saturated rings. The molecule has 0 spiro atoms. The van der Waals surface area contributed by atoms with E-state index < -0.39 is 12.7 Å². The topological polar surface area (TPSA) is 32.3 Å². The number of nitrogens with one attached hydrogen (secondary N) is 1. The minimum Gasteiger partial charge on any atom is -0.352 e. The highest BCUT2D eigenvalue weighted by Gasteiger charge is 2.33. The fourth-order valence-electron chi connectivity index (χ4n) is 1.86. The van der Waals surface area contributed by atoms with Crippen LogP contribution in [0, 0.1) is 0 Å². The van der Waals surface area contributed by atoms with Gasteiger partial charge < -0.3 is 5.32 Å². The minimum atomic E-state index is -4.15. The molecule has 1 atom stereocenters. The van der Waals surface area contributed by atoms with Gasteiger partial charge in [-0.1, -0.05) is 0 Å². The first-order chi connectivity index (χ1) is 6.87. The Labute approximate surface area is 86.6 Å². The Morgan fingerprint density at radius 1 is 1.53 bits per heavy atom. The first-order valence-electron chi connectivity index (χ1n) is 4.93. The molecule has 88 valence electrons. The lowest BCUT2D eigenvalue weighted by Gasteiger charge is -2.33. The number of rotatable bonds is 2. The molecule has 0 aromatic carbocycles. The van der Waals surface area contributed by atoms with Gasteiger partial charge in [0.1, 0.15) is 0 Å². The SMILES string of the molecule is CC(=O)N[C@@H]1CCCN(CC(F)(F)F)C1. The zero-order valence-electron chi connectivity index (χ0n) is 8.60. The van der Waals surface area contributed by atoms with Crippen molar-refractivity contribution < 1.29 is 18.0 Å². The molecule has 0 aromatic rings.